The molecule has 0 fully saturated rings. The molecule has 2 N–H and O–H groups in total. The van der Waals surface area contributed by atoms with E-state index in [4.69, 9.17) is 11.8 Å². The van der Waals surface area contributed by atoms with Crippen molar-refractivity contribution in [1.29, 1.82) is 0 Å². The van der Waals surface area contributed by atoms with E-state index in [1.165, 1.54) is 228 Å². The van der Waals surface area contributed by atoms with Crippen molar-refractivity contribution >= 4 is 28.9 Å². The summed E-state index contributed by atoms with van der Waals surface area (Å²) in [5, 5.41) is 0. The Kier molecular flexibility index (Phi) is 32.0. The van der Waals surface area contributed by atoms with Crippen LogP contribution in [0, 0.1) is 0 Å². The molecule has 0 atom stereocenters. The molecule has 5 heteroatoms. The third-order valence-corrected chi connectivity index (χ3v) is 12.9. The molecule has 1 aromatic rings. The average Bonchev–Trinajstić information content (AvgIpc) is 3.04. The van der Waals surface area contributed by atoms with Crippen LogP contribution in [0.1, 0.15) is 230 Å². The molecule has 0 saturated heterocycles. The molecular weight excluding hydrogens is 632 g/mol. The van der Waals surface area contributed by atoms with Crippen molar-refractivity contribution in [3.8, 4) is 0 Å². The Hall–Kier alpha value is 0.140. The summed E-state index contributed by atoms with van der Waals surface area (Å²) in [5.41, 5.74) is -0.804. The van der Waals surface area contributed by atoms with Gasteiger partial charge in [0.05, 0.1) is 0 Å². The minimum atomic E-state index is -3.34. The first-order chi connectivity index (χ1) is 23.0. The van der Waals surface area contributed by atoms with Crippen molar-refractivity contribution in [2.75, 3.05) is 0 Å². The predicted octanol–water partition coefficient (Wildman–Crippen LogP) is 15.6. The molecule has 0 heterocycles. The van der Waals surface area contributed by atoms with Crippen LogP contribution in [0.15, 0.2) is 23.1 Å². The van der Waals surface area contributed by atoms with E-state index < -0.39 is 5.69 Å². The van der Waals surface area contributed by atoms with Crippen molar-refractivity contribution in [2.45, 2.75) is 237 Å². The Morgan fingerprint density at radius 1 is 0.426 bits per heavy atom. The number of hydrogen-bond donors (Lipinski definition) is 2. The fourth-order valence-electron chi connectivity index (χ4n) is 7.00. The highest BCUT2D eigenvalue weighted by molar-refractivity contribution is 8.67. The quantitative estimate of drug-likeness (QED) is 0.0537. The SMILES string of the molecule is CCCCCCCCCCCCCCCCCCc1cccc(CCCCCCCCCCCCCCCCCC)c1SP(O)(O)=S. The number of rotatable bonds is 36. The molecule has 1 aromatic carbocycles. The molecule has 0 spiro atoms. The monoisotopic (exact) mass is 711 g/mol. The van der Waals surface area contributed by atoms with Crippen molar-refractivity contribution in [3.63, 3.8) is 0 Å². The number of benzene rings is 1. The lowest BCUT2D eigenvalue weighted by atomic mass is 9.99. The topological polar surface area (TPSA) is 40.5 Å². The van der Waals surface area contributed by atoms with Gasteiger partial charge in [-0.25, -0.2) is 0 Å². The van der Waals surface area contributed by atoms with Gasteiger partial charge in [0, 0.05) is 4.90 Å². The zero-order valence-electron chi connectivity index (χ0n) is 31.4. The normalized spacial score (nSPS) is 11.9. The van der Waals surface area contributed by atoms with Crippen LogP contribution in [0.3, 0.4) is 0 Å². The van der Waals surface area contributed by atoms with Gasteiger partial charge in [0.15, 0.2) is 0 Å². The van der Waals surface area contributed by atoms with Crippen LogP contribution in [-0.4, -0.2) is 9.79 Å². The maximum Gasteiger partial charge on any atom is 0.246 e. The standard InChI is InChI=1S/C42H79O2PS2/c1-3-5-7-9-11-13-15-17-19-21-23-25-27-29-31-33-36-40-38-35-39-41(42(40)47-45(43,44)46)37-34-32-30-28-26-24-22-20-18-16-14-12-10-8-6-4-2/h35,38-39H,3-34,36-37H2,1-2H3,(H2,43,44,46). The van der Waals surface area contributed by atoms with E-state index in [1.54, 1.807) is 0 Å². The fraction of sp³-hybridized carbons (Fsp3) is 0.857. The number of unbranched alkanes of at least 4 members (excludes halogenated alkanes) is 30. The summed E-state index contributed by atoms with van der Waals surface area (Å²) in [5.74, 6) is 0. The second-order valence-corrected chi connectivity index (χ2v) is 20.5. The molecule has 0 aliphatic heterocycles. The van der Waals surface area contributed by atoms with Gasteiger partial charge in [-0.1, -0.05) is 225 Å². The molecule has 0 radical (unpaired) electrons. The second-order valence-electron chi connectivity index (χ2n) is 14.6. The van der Waals surface area contributed by atoms with E-state index in [2.05, 4.69) is 32.0 Å². The van der Waals surface area contributed by atoms with Gasteiger partial charge < -0.3 is 9.79 Å². The molecule has 1 rings (SSSR count). The lowest BCUT2D eigenvalue weighted by Gasteiger charge is -2.16. The summed E-state index contributed by atoms with van der Waals surface area (Å²) in [4.78, 5) is 21.5. The van der Waals surface area contributed by atoms with Gasteiger partial charge in [-0.3, -0.25) is 0 Å². The summed E-state index contributed by atoms with van der Waals surface area (Å²) in [7, 11) is 0. The Balaban J connectivity index is 2.15. The molecule has 0 aliphatic rings. The summed E-state index contributed by atoms with van der Waals surface area (Å²) >= 11 is 6.25. The van der Waals surface area contributed by atoms with Gasteiger partial charge in [-0.15, -0.1) is 0 Å². The summed E-state index contributed by atoms with van der Waals surface area (Å²) in [6.07, 6.45) is 46.3. The Labute approximate surface area is 303 Å². The molecule has 0 amide bonds. The maximum atomic E-state index is 10.2. The van der Waals surface area contributed by atoms with Crippen LogP contribution in [0.4, 0.5) is 0 Å². The minimum Gasteiger partial charge on any atom is -0.337 e. The van der Waals surface area contributed by atoms with E-state index in [-0.39, 0.29) is 0 Å². The van der Waals surface area contributed by atoms with Gasteiger partial charge in [-0.05, 0) is 60.0 Å². The van der Waals surface area contributed by atoms with Crippen LogP contribution >= 0.6 is 17.1 Å². The lowest BCUT2D eigenvalue weighted by molar-refractivity contribution is 0.502. The molecular formula is C42H79O2PS2. The van der Waals surface area contributed by atoms with Gasteiger partial charge in [0.2, 0.25) is 5.69 Å². The number of aryl methyl sites for hydroxylation is 2. The average molecular weight is 711 g/mol. The first-order valence-electron chi connectivity index (χ1n) is 20.8. The van der Waals surface area contributed by atoms with E-state index in [9.17, 15) is 9.79 Å². The van der Waals surface area contributed by atoms with Gasteiger partial charge in [-0.2, -0.15) is 0 Å². The van der Waals surface area contributed by atoms with E-state index in [1.807, 2.05) is 0 Å². The molecule has 276 valence electrons. The second kappa shape index (κ2) is 33.3. The van der Waals surface area contributed by atoms with Crippen LogP contribution in [0.25, 0.3) is 0 Å². The molecule has 0 saturated carbocycles. The van der Waals surface area contributed by atoms with Gasteiger partial charge >= 0.3 is 0 Å². The molecule has 2 nitrogen and oxygen atoms in total. The molecule has 47 heavy (non-hydrogen) atoms. The van der Waals surface area contributed by atoms with Gasteiger partial charge in [0.25, 0.3) is 0 Å². The highest BCUT2D eigenvalue weighted by Crippen LogP contribution is 2.56. The van der Waals surface area contributed by atoms with Crippen molar-refractivity contribution in [3.05, 3.63) is 29.3 Å². The zero-order valence-corrected chi connectivity index (χ0v) is 34.0. The summed E-state index contributed by atoms with van der Waals surface area (Å²) < 4.78 is 0. The smallest absolute Gasteiger partial charge is 0.246 e. The Bertz CT molecular complexity index is 801. The highest BCUT2D eigenvalue weighted by Gasteiger charge is 2.17. The van der Waals surface area contributed by atoms with Crippen LogP contribution in [0.5, 0.6) is 0 Å². The van der Waals surface area contributed by atoms with Crippen LogP contribution < -0.4 is 0 Å². The van der Waals surface area contributed by atoms with Crippen molar-refractivity contribution < 1.29 is 9.79 Å². The Morgan fingerprint density at radius 2 is 0.660 bits per heavy atom. The van der Waals surface area contributed by atoms with Crippen molar-refractivity contribution in [1.82, 2.24) is 0 Å². The lowest BCUT2D eigenvalue weighted by Crippen LogP contribution is -1.96. The van der Waals surface area contributed by atoms with Crippen molar-refractivity contribution in [2.24, 2.45) is 0 Å². The molecule has 0 aliphatic carbocycles. The van der Waals surface area contributed by atoms with Crippen LogP contribution in [-0.2, 0) is 24.6 Å². The highest BCUT2D eigenvalue weighted by atomic mass is 32.9. The number of hydrogen-bond acceptors (Lipinski definition) is 2. The molecule has 0 aromatic heterocycles. The summed E-state index contributed by atoms with van der Waals surface area (Å²) in [6, 6.07) is 6.55. The first kappa shape index (κ1) is 45.2. The third kappa shape index (κ3) is 29.6. The largest absolute Gasteiger partial charge is 0.337 e. The van der Waals surface area contributed by atoms with E-state index in [0.29, 0.717) is 0 Å². The fourth-order valence-corrected chi connectivity index (χ4v) is 9.90. The summed E-state index contributed by atoms with van der Waals surface area (Å²) in [6.45, 7) is 4.59. The Morgan fingerprint density at radius 3 is 0.894 bits per heavy atom. The minimum absolute atomic E-state index is 1.02. The van der Waals surface area contributed by atoms with E-state index >= 15 is 0 Å². The predicted molar refractivity (Wildman–Crippen MR) is 218 cm³/mol. The van der Waals surface area contributed by atoms with E-state index in [0.717, 1.165) is 17.7 Å². The first-order valence-corrected chi connectivity index (χ1v) is 25.0. The molecule has 0 bridgehead atoms. The third-order valence-electron chi connectivity index (χ3n) is 9.99. The van der Waals surface area contributed by atoms with Gasteiger partial charge in [0.1, 0.15) is 0 Å². The maximum absolute atomic E-state index is 10.2. The zero-order chi connectivity index (χ0) is 34.1. The molecule has 0 unspecified atom stereocenters. The van der Waals surface area contributed by atoms with Crippen LogP contribution in [0.2, 0.25) is 0 Å².